The zero-order valence-corrected chi connectivity index (χ0v) is 10.9. The molecule has 0 radical (unpaired) electrons. The first-order valence-electron chi connectivity index (χ1n) is 5.11. The van der Waals surface area contributed by atoms with Gasteiger partial charge >= 0.3 is 102 Å². The van der Waals surface area contributed by atoms with Crippen LogP contribution < -0.4 is 0 Å². The summed E-state index contributed by atoms with van der Waals surface area (Å²) in [5.74, 6) is 0. The van der Waals surface area contributed by atoms with Crippen molar-refractivity contribution in [2.24, 2.45) is 0 Å². The number of hydrogen-bond acceptors (Lipinski definition) is 0. The van der Waals surface area contributed by atoms with E-state index in [0.717, 1.165) is 0 Å². The van der Waals surface area contributed by atoms with E-state index < -0.39 is 0 Å². The van der Waals surface area contributed by atoms with Gasteiger partial charge in [0.1, 0.15) is 0 Å². The fourth-order valence-corrected chi connectivity index (χ4v) is 4.17. The average molecular weight is 310 g/mol. The molecule has 2 aromatic rings. The molecule has 0 aromatic heterocycles. The van der Waals surface area contributed by atoms with Crippen LogP contribution in [-0.2, 0) is 8.86 Å². The molecule has 0 nitrogen and oxygen atoms in total. The van der Waals surface area contributed by atoms with Crippen molar-refractivity contribution in [3.63, 3.8) is 0 Å². The van der Waals surface area contributed by atoms with Crippen molar-refractivity contribution in [3.8, 4) is 0 Å². The number of alkyl halides is 2. The minimum absolute atomic E-state index is 0.0925. The molecule has 1 heteroatoms. The van der Waals surface area contributed by atoms with E-state index in [-0.39, 0.29) is 21.2 Å². The SMILES string of the molecule is c1ccc(C[IH]Cc2ccccc2)cc1. The van der Waals surface area contributed by atoms with Crippen molar-refractivity contribution < 1.29 is 0 Å². The maximum absolute atomic E-state index is 2.23. The Morgan fingerprint density at radius 3 is 1.40 bits per heavy atom. The summed E-state index contributed by atoms with van der Waals surface area (Å²) in [6.07, 6.45) is 0. The Labute approximate surface area is 102 Å². The maximum atomic E-state index is 2.23. The Bertz CT molecular complexity index is 341. The van der Waals surface area contributed by atoms with Gasteiger partial charge in [-0.1, -0.05) is 0 Å². The Morgan fingerprint density at radius 1 is 0.600 bits per heavy atom. The summed E-state index contributed by atoms with van der Waals surface area (Å²) >= 11 is 0.0925. The van der Waals surface area contributed by atoms with Crippen LogP contribution in [0.4, 0.5) is 0 Å². The van der Waals surface area contributed by atoms with Crippen LogP contribution in [-0.4, -0.2) is 0 Å². The van der Waals surface area contributed by atoms with Crippen LogP contribution in [0.15, 0.2) is 60.7 Å². The van der Waals surface area contributed by atoms with Gasteiger partial charge in [0.05, 0.1) is 0 Å². The van der Waals surface area contributed by atoms with Gasteiger partial charge in [0.15, 0.2) is 0 Å². The summed E-state index contributed by atoms with van der Waals surface area (Å²) in [4.78, 5) is 0. The monoisotopic (exact) mass is 310 g/mol. The normalized spacial score (nSPS) is 10.4. The summed E-state index contributed by atoms with van der Waals surface area (Å²) in [6.45, 7) is 0. The van der Waals surface area contributed by atoms with E-state index in [1.807, 2.05) is 0 Å². The van der Waals surface area contributed by atoms with Gasteiger partial charge in [-0.25, -0.2) is 0 Å². The molecule has 0 heterocycles. The molecule has 0 saturated carbocycles. The topological polar surface area (TPSA) is 0 Å². The third kappa shape index (κ3) is 3.67. The van der Waals surface area contributed by atoms with Gasteiger partial charge in [-0.2, -0.15) is 0 Å². The Morgan fingerprint density at radius 2 is 1.00 bits per heavy atom. The van der Waals surface area contributed by atoms with Crippen LogP contribution in [0.3, 0.4) is 0 Å². The summed E-state index contributed by atoms with van der Waals surface area (Å²) in [5.41, 5.74) is 2.99. The molecule has 15 heavy (non-hydrogen) atoms. The first kappa shape index (κ1) is 10.7. The van der Waals surface area contributed by atoms with Gasteiger partial charge in [-0.3, -0.25) is 0 Å². The van der Waals surface area contributed by atoms with Crippen molar-refractivity contribution in [2.75, 3.05) is 0 Å². The van der Waals surface area contributed by atoms with Gasteiger partial charge in [-0.05, 0) is 0 Å². The first-order chi connectivity index (χ1) is 7.45. The van der Waals surface area contributed by atoms with Crippen LogP contribution in [0.25, 0.3) is 0 Å². The van der Waals surface area contributed by atoms with Gasteiger partial charge in [0, 0.05) is 0 Å². The number of rotatable bonds is 4. The number of hydrogen-bond donors (Lipinski definition) is 0. The molecule has 0 atom stereocenters. The third-order valence-corrected chi connectivity index (χ3v) is 5.29. The van der Waals surface area contributed by atoms with Crippen LogP contribution in [0.5, 0.6) is 0 Å². The van der Waals surface area contributed by atoms with Crippen molar-refractivity contribution in [3.05, 3.63) is 71.8 Å². The molecule has 2 aromatic carbocycles. The Balaban J connectivity index is 1.81. The Kier molecular flexibility index (Phi) is 4.21. The molecule has 0 N–H and O–H groups in total. The molecular formula is C14H15I. The van der Waals surface area contributed by atoms with E-state index in [1.165, 1.54) is 20.0 Å². The quantitative estimate of drug-likeness (QED) is 0.589. The zero-order chi connectivity index (χ0) is 10.3. The molecule has 0 amide bonds. The fourth-order valence-electron chi connectivity index (χ4n) is 1.44. The molecule has 0 fully saturated rings. The van der Waals surface area contributed by atoms with E-state index in [4.69, 9.17) is 0 Å². The van der Waals surface area contributed by atoms with E-state index in [0.29, 0.717) is 0 Å². The first-order valence-corrected chi connectivity index (χ1v) is 8.40. The summed E-state index contributed by atoms with van der Waals surface area (Å²) in [6, 6.07) is 21.6. The molecular weight excluding hydrogens is 295 g/mol. The molecule has 0 spiro atoms. The summed E-state index contributed by atoms with van der Waals surface area (Å²) in [7, 11) is 0. The van der Waals surface area contributed by atoms with Crippen molar-refractivity contribution in [1.29, 1.82) is 0 Å². The van der Waals surface area contributed by atoms with E-state index in [1.54, 1.807) is 0 Å². The average Bonchev–Trinajstić information content (AvgIpc) is 2.32. The predicted molar refractivity (Wildman–Crippen MR) is 75.7 cm³/mol. The molecule has 78 valence electrons. The van der Waals surface area contributed by atoms with Crippen LogP contribution in [0.1, 0.15) is 11.1 Å². The standard InChI is InChI=1S/C14H15I/c1-3-7-13(8-4-1)11-15-12-14-9-5-2-6-10-14/h1-10,15H,11-12H2. The fraction of sp³-hybridized carbons (Fsp3) is 0.143. The minimum atomic E-state index is 0.0925. The second-order valence-electron chi connectivity index (χ2n) is 3.46. The summed E-state index contributed by atoms with van der Waals surface area (Å²) in [5, 5.41) is 0. The van der Waals surface area contributed by atoms with Crippen LogP contribution >= 0.6 is 21.2 Å². The van der Waals surface area contributed by atoms with Crippen molar-refractivity contribution >= 4 is 21.2 Å². The van der Waals surface area contributed by atoms with E-state index in [9.17, 15) is 0 Å². The van der Waals surface area contributed by atoms with E-state index in [2.05, 4.69) is 60.7 Å². The van der Waals surface area contributed by atoms with Crippen molar-refractivity contribution in [1.82, 2.24) is 0 Å². The van der Waals surface area contributed by atoms with Crippen molar-refractivity contribution in [2.45, 2.75) is 8.86 Å². The molecule has 2 rings (SSSR count). The molecule has 0 aliphatic carbocycles. The van der Waals surface area contributed by atoms with Gasteiger partial charge in [-0.15, -0.1) is 0 Å². The molecule has 0 aliphatic rings. The van der Waals surface area contributed by atoms with Gasteiger partial charge in [0.2, 0.25) is 0 Å². The second-order valence-corrected chi connectivity index (χ2v) is 6.28. The van der Waals surface area contributed by atoms with Gasteiger partial charge in [0.25, 0.3) is 0 Å². The van der Waals surface area contributed by atoms with Crippen LogP contribution in [0.2, 0.25) is 0 Å². The van der Waals surface area contributed by atoms with Gasteiger partial charge < -0.3 is 0 Å². The third-order valence-electron chi connectivity index (χ3n) is 2.22. The predicted octanol–water partition coefficient (Wildman–Crippen LogP) is 4.09. The van der Waals surface area contributed by atoms with E-state index >= 15 is 0 Å². The second kappa shape index (κ2) is 5.91. The molecule has 0 unspecified atom stereocenters. The summed E-state index contributed by atoms with van der Waals surface area (Å²) < 4.78 is 2.61. The molecule has 0 saturated heterocycles. The van der Waals surface area contributed by atoms with Crippen LogP contribution in [0, 0.1) is 0 Å². The molecule has 0 bridgehead atoms. The molecule has 0 aliphatic heterocycles. The zero-order valence-electron chi connectivity index (χ0n) is 8.60. The number of halogens is 1. The number of benzene rings is 2. The Hall–Kier alpha value is -0.830.